The van der Waals surface area contributed by atoms with E-state index in [2.05, 4.69) is 25.4 Å². The zero-order valence-electron chi connectivity index (χ0n) is 8.86. The summed E-state index contributed by atoms with van der Waals surface area (Å²) in [6, 6.07) is 0. The second-order valence-electron chi connectivity index (χ2n) is 3.29. The van der Waals surface area contributed by atoms with Crippen LogP contribution in [0.3, 0.4) is 0 Å². The maximum atomic E-state index is 5.40. The average molecular weight is 183 g/mol. The van der Waals surface area contributed by atoms with Crippen molar-refractivity contribution in [3.05, 3.63) is 24.3 Å². The first-order chi connectivity index (χ1) is 6.16. The van der Waals surface area contributed by atoms with Gasteiger partial charge < -0.3 is 10.1 Å². The topological polar surface area (TPSA) is 21.3 Å². The van der Waals surface area contributed by atoms with Crippen LogP contribution in [0.2, 0.25) is 0 Å². The van der Waals surface area contributed by atoms with Crippen molar-refractivity contribution < 1.29 is 4.74 Å². The highest BCUT2D eigenvalue weighted by Gasteiger charge is 1.93. The molecule has 0 aliphatic carbocycles. The second kappa shape index (κ2) is 8.02. The molecule has 0 saturated heterocycles. The Balaban J connectivity index is 3.22. The van der Waals surface area contributed by atoms with E-state index in [0.717, 1.165) is 37.3 Å². The zero-order valence-corrected chi connectivity index (χ0v) is 8.86. The summed E-state index contributed by atoms with van der Waals surface area (Å²) < 4.78 is 5.40. The first-order valence-electron chi connectivity index (χ1n) is 4.76. The standard InChI is InChI=1S/C11H21NO/c1-5-12-8-11(4)9-13-7-6-10(2)3/h12H,2,4-9H2,1,3H3. The molecule has 13 heavy (non-hydrogen) atoms. The van der Waals surface area contributed by atoms with Gasteiger partial charge in [-0.1, -0.05) is 19.1 Å². The van der Waals surface area contributed by atoms with Crippen molar-refractivity contribution in [2.75, 3.05) is 26.3 Å². The predicted molar refractivity (Wildman–Crippen MR) is 57.9 cm³/mol. The van der Waals surface area contributed by atoms with Crippen molar-refractivity contribution in [2.24, 2.45) is 0 Å². The predicted octanol–water partition coefficient (Wildman–Crippen LogP) is 2.13. The molecule has 0 unspecified atom stereocenters. The number of hydrogen-bond acceptors (Lipinski definition) is 2. The van der Waals surface area contributed by atoms with Gasteiger partial charge in [-0.3, -0.25) is 0 Å². The highest BCUT2D eigenvalue weighted by Crippen LogP contribution is 1.97. The van der Waals surface area contributed by atoms with E-state index in [1.165, 1.54) is 0 Å². The smallest absolute Gasteiger partial charge is 0.0686 e. The van der Waals surface area contributed by atoms with Gasteiger partial charge in [0.25, 0.3) is 0 Å². The molecule has 0 heterocycles. The van der Waals surface area contributed by atoms with Crippen LogP contribution in [0.4, 0.5) is 0 Å². The molecule has 0 bridgehead atoms. The molecular weight excluding hydrogens is 162 g/mol. The molecule has 0 radical (unpaired) electrons. The minimum absolute atomic E-state index is 0.653. The van der Waals surface area contributed by atoms with Crippen molar-refractivity contribution in [2.45, 2.75) is 20.3 Å². The van der Waals surface area contributed by atoms with Gasteiger partial charge in [-0.05, 0) is 25.5 Å². The van der Waals surface area contributed by atoms with Gasteiger partial charge in [-0.2, -0.15) is 0 Å². The van der Waals surface area contributed by atoms with Crippen molar-refractivity contribution >= 4 is 0 Å². The second-order valence-corrected chi connectivity index (χ2v) is 3.29. The molecule has 2 heteroatoms. The minimum Gasteiger partial charge on any atom is -0.377 e. The average Bonchev–Trinajstić information content (AvgIpc) is 2.08. The summed E-state index contributed by atoms with van der Waals surface area (Å²) in [4.78, 5) is 0. The Bertz CT molecular complexity index is 163. The van der Waals surface area contributed by atoms with E-state index in [0.29, 0.717) is 6.61 Å². The van der Waals surface area contributed by atoms with Crippen molar-refractivity contribution in [1.82, 2.24) is 5.32 Å². The van der Waals surface area contributed by atoms with E-state index in [1.54, 1.807) is 0 Å². The maximum Gasteiger partial charge on any atom is 0.0686 e. The molecule has 1 N–H and O–H groups in total. The molecule has 0 saturated carbocycles. The molecule has 2 nitrogen and oxygen atoms in total. The molecule has 0 aliphatic rings. The Morgan fingerprint density at radius 1 is 1.38 bits per heavy atom. The SMILES string of the molecule is C=C(C)CCOCC(=C)CNCC. The van der Waals surface area contributed by atoms with Gasteiger partial charge >= 0.3 is 0 Å². The summed E-state index contributed by atoms with van der Waals surface area (Å²) >= 11 is 0. The van der Waals surface area contributed by atoms with Crippen LogP contribution in [0.5, 0.6) is 0 Å². The molecule has 0 amide bonds. The van der Waals surface area contributed by atoms with Crippen molar-refractivity contribution in [1.29, 1.82) is 0 Å². The minimum atomic E-state index is 0.653. The van der Waals surface area contributed by atoms with Gasteiger partial charge in [-0.25, -0.2) is 0 Å². The third kappa shape index (κ3) is 9.31. The first-order valence-corrected chi connectivity index (χ1v) is 4.76. The van der Waals surface area contributed by atoms with Gasteiger partial charge in [0.2, 0.25) is 0 Å². The Hall–Kier alpha value is -0.600. The van der Waals surface area contributed by atoms with Crippen LogP contribution in [0.15, 0.2) is 24.3 Å². The van der Waals surface area contributed by atoms with Crippen LogP contribution in [-0.4, -0.2) is 26.3 Å². The molecule has 0 aliphatic heterocycles. The third-order valence-electron chi connectivity index (χ3n) is 1.60. The molecule has 0 spiro atoms. The zero-order chi connectivity index (χ0) is 10.1. The monoisotopic (exact) mass is 183 g/mol. The fourth-order valence-corrected chi connectivity index (χ4v) is 0.816. The van der Waals surface area contributed by atoms with Crippen LogP contribution in [0.1, 0.15) is 20.3 Å². The summed E-state index contributed by atoms with van der Waals surface area (Å²) in [6.07, 6.45) is 0.939. The van der Waals surface area contributed by atoms with Crippen LogP contribution >= 0.6 is 0 Å². The maximum absolute atomic E-state index is 5.40. The number of hydrogen-bond donors (Lipinski definition) is 1. The lowest BCUT2D eigenvalue weighted by Crippen LogP contribution is -2.18. The van der Waals surface area contributed by atoms with Crippen LogP contribution in [0, 0.1) is 0 Å². The van der Waals surface area contributed by atoms with Crippen molar-refractivity contribution in [3.8, 4) is 0 Å². The lowest BCUT2D eigenvalue weighted by molar-refractivity contribution is 0.158. The lowest BCUT2D eigenvalue weighted by Gasteiger charge is -2.07. The summed E-state index contributed by atoms with van der Waals surface area (Å²) in [5, 5.41) is 3.20. The Morgan fingerprint density at radius 2 is 2.08 bits per heavy atom. The Kier molecular flexibility index (Phi) is 7.65. The molecule has 0 rings (SSSR count). The molecule has 0 aromatic carbocycles. The van der Waals surface area contributed by atoms with Crippen molar-refractivity contribution in [3.63, 3.8) is 0 Å². The van der Waals surface area contributed by atoms with E-state index < -0.39 is 0 Å². The third-order valence-corrected chi connectivity index (χ3v) is 1.60. The van der Waals surface area contributed by atoms with E-state index in [1.807, 2.05) is 6.92 Å². The molecule has 76 valence electrons. The highest BCUT2D eigenvalue weighted by molar-refractivity contribution is 4.96. The molecule has 0 aromatic heterocycles. The number of likely N-dealkylation sites (N-methyl/N-ethyl adjacent to an activating group) is 1. The summed E-state index contributed by atoms with van der Waals surface area (Å²) in [7, 11) is 0. The number of ether oxygens (including phenoxy) is 1. The van der Waals surface area contributed by atoms with Gasteiger partial charge in [0.15, 0.2) is 0 Å². The quantitative estimate of drug-likeness (QED) is 0.460. The van der Waals surface area contributed by atoms with Crippen LogP contribution in [-0.2, 0) is 4.74 Å². The normalized spacial score (nSPS) is 10.0. The fourth-order valence-electron chi connectivity index (χ4n) is 0.816. The van der Waals surface area contributed by atoms with Gasteiger partial charge in [0.05, 0.1) is 13.2 Å². The Labute approximate surface area is 81.7 Å². The molecule has 0 atom stereocenters. The summed E-state index contributed by atoms with van der Waals surface area (Å²) in [5.41, 5.74) is 2.26. The summed E-state index contributed by atoms with van der Waals surface area (Å²) in [5.74, 6) is 0. The number of nitrogens with one attached hydrogen (secondary N) is 1. The highest BCUT2D eigenvalue weighted by atomic mass is 16.5. The number of rotatable bonds is 8. The molecular formula is C11H21NO. The van der Waals surface area contributed by atoms with Crippen LogP contribution < -0.4 is 5.32 Å². The Morgan fingerprint density at radius 3 is 2.62 bits per heavy atom. The molecule has 0 aromatic rings. The lowest BCUT2D eigenvalue weighted by atomic mass is 10.2. The summed E-state index contributed by atoms with van der Waals surface area (Å²) in [6.45, 7) is 15.0. The first kappa shape index (κ1) is 12.4. The van der Waals surface area contributed by atoms with E-state index >= 15 is 0 Å². The molecule has 0 fully saturated rings. The van der Waals surface area contributed by atoms with E-state index in [9.17, 15) is 0 Å². The van der Waals surface area contributed by atoms with Gasteiger partial charge in [0, 0.05) is 6.54 Å². The van der Waals surface area contributed by atoms with E-state index in [-0.39, 0.29) is 0 Å². The largest absolute Gasteiger partial charge is 0.377 e. The van der Waals surface area contributed by atoms with Crippen LogP contribution in [0.25, 0.3) is 0 Å². The van der Waals surface area contributed by atoms with E-state index in [4.69, 9.17) is 4.74 Å². The fraction of sp³-hybridized carbons (Fsp3) is 0.636. The van der Waals surface area contributed by atoms with Gasteiger partial charge in [0.1, 0.15) is 0 Å². The van der Waals surface area contributed by atoms with Gasteiger partial charge in [-0.15, -0.1) is 6.58 Å².